The summed E-state index contributed by atoms with van der Waals surface area (Å²) in [6.07, 6.45) is 10.4. The second-order valence-corrected chi connectivity index (χ2v) is 8.99. The summed E-state index contributed by atoms with van der Waals surface area (Å²) in [6.45, 7) is 6.63. The Bertz CT molecular complexity index is 496. The SMILES string of the molecule is CCCC[C@@](CCSC)(C(=O)O)N(NCC(N)CS)C(=O)C/C=C/C[C@@H](C)CC. The topological polar surface area (TPSA) is 95.7 Å². The maximum Gasteiger partial charge on any atom is 0.331 e. The van der Waals surface area contributed by atoms with E-state index in [1.54, 1.807) is 11.8 Å². The minimum absolute atomic E-state index is 0.167. The van der Waals surface area contributed by atoms with Gasteiger partial charge in [0.1, 0.15) is 0 Å². The molecule has 3 atom stereocenters. The summed E-state index contributed by atoms with van der Waals surface area (Å²) < 4.78 is 0. The summed E-state index contributed by atoms with van der Waals surface area (Å²) in [5.74, 6) is 0.460. The predicted molar refractivity (Wildman–Crippen MR) is 127 cm³/mol. The first kappa shape index (κ1) is 28.3. The number of amides is 1. The Morgan fingerprint density at radius 2 is 2.00 bits per heavy atom. The summed E-state index contributed by atoms with van der Waals surface area (Å²) in [5, 5.41) is 11.5. The van der Waals surface area contributed by atoms with Gasteiger partial charge in [-0.3, -0.25) is 9.80 Å². The Morgan fingerprint density at radius 1 is 1.31 bits per heavy atom. The average molecular weight is 448 g/mol. The van der Waals surface area contributed by atoms with Gasteiger partial charge >= 0.3 is 5.97 Å². The van der Waals surface area contributed by atoms with Gasteiger partial charge < -0.3 is 10.8 Å². The maximum absolute atomic E-state index is 13.1. The van der Waals surface area contributed by atoms with Gasteiger partial charge in [-0.05, 0) is 37.2 Å². The second-order valence-electron chi connectivity index (χ2n) is 7.64. The van der Waals surface area contributed by atoms with Gasteiger partial charge in [0.25, 0.3) is 0 Å². The number of carboxylic acids is 1. The van der Waals surface area contributed by atoms with Crippen LogP contribution in [0.2, 0.25) is 0 Å². The highest BCUT2D eigenvalue weighted by atomic mass is 32.2. The smallest absolute Gasteiger partial charge is 0.331 e. The molecular formula is C21H41N3O3S2. The van der Waals surface area contributed by atoms with Gasteiger partial charge in [0.05, 0.1) is 0 Å². The Kier molecular flexibility index (Phi) is 15.7. The van der Waals surface area contributed by atoms with Crippen LogP contribution in [0.5, 0.6) is 0 Å². The molecular weight excluding hydrogens is 406 g/mol. The lowest BCUT2D eigenvalue weighted by molar-refractivity contribution is -0.164. The molecule has 1 unspecified atom stereocenters. The number of hydrogen-bond acceptors (Lipinski definition) is 6. The monoisotopic (exact) mass is 447 g/mol. The number of rotatable bonds is 17. The third-order valence-electron chi connectivity index (χ3n) is 5.18. The van der Waals surface area contributed by atoms with E-state index in [2.05, 4.69) is 31.9 Å². The van der Waals surface area contributed by atoms with E-state index < -0.39 is 11.5 Å². The third-order valence-corrected chi connectivity index (χ3v) is 6.26. The first-order valence-corrected chi connectivity index (χ1v) is 12.6. The van der Waals surface area contributed by atoms with Gasteiger partial charge in [0.2, 0.25) is 5.91 Å². The van der Waals surface area contributed by atoms with Crippen LogP contribution in [-0.2, 0) is 9.59 Å². The Morgan fingerprint density at radius 3 is 2.52 bits per heavy atom. The summed E-state index contributed by atoms with van der Waals surface area (Å²) in [5.41, 5.74) is 7.75. The molecule has 0 fully saturated rings. The zero-order valence-corrected chi connectivity index (χ0v) is 20.2. The summed E-state index contributed by atoms with van der Waals surface area (Å²) in [6, 6.07) is -0.271. The first-order chi connectivity index (χ1) is 13.8. The molecule has 0 aromatic heterocycles. The molecule has 0 bridgehead atoms. The van der Waals surface area contributed by atoms with E-state index >= 15 is 0 Å². The van der Waals surface area contributed by atoms with Crippen molar-refractivity contribution in [1.82, 2.24) is 10.4 Å². The molecule has 1 amide bonds. The van der Waals surface area contributed by atoms with Gasteiger partial charge in [-0.1, -0.05) is 52.2 Å². The molecule has 170 valence electrons. The van der Waals surface area contributed by atoms with E-state index in [1.165, 1.54) is 5.01 Å². The summed E-state index contributed by atoms with van der Waals surface area (Å²) in [7, 11) is 0. The Balaban J connectivity index is 5.65. The van der Waals surface area contributed by atoms with Crippen molar-refractivity contribution in [1.29, 1.82) is 0 Å². The summed E-state index contributed by atoms with van der Waals surface area (Å²) >= 11 is 5.78. The second kappa shape index (κ2) is 16.1. The highest BCUT2D eigenvalue weighted by Gasteiger charge is 2.45. The fourth-order valence-electron chi connectivity index (χ4n) is 2.92. The number of nitrogens with one attached hydrogen (secondary N) is 1. The number of unbranched alkanes of at least 4 members (excludes halogenated alkanes) is 1. The highest BCUT2D eigenvalue weighted by molar-refractivity contribution is 7.98. The number of nitrogens with zero attached hydrogens (tertiary/aromatic N) is 1. The number of hydrazine groups is 1. The van der Waals surface area contributed by atoms with Crippen LogP contribution in [0.1, 0.15) is 65.7 Å². The van der Waals surface area contributed by atoms with Crippen LogP contribution in [0.4, 0.5) is 0 Å². The first-order valence-electron chi connectivity index (χ1n) is 10.6. The number of hydrogen-bond donors (Lipinski definition) is 4. The van der Waals surface area contributed by atoms with Crippen molar-refractivity contribution < 1.29 is 14.7 Å². The molecule has 0 aliphatic heterocycles. The van der Waals surface area contributed by atoms with Crippen molar-refractivity contribution in [3.05, 3.63) is 12.2 Å². The standard InChI is InChI=1S/C21H41N3O3S2/c1-5-7-12-21(20(26)27,13-14-29-4)24(23-15-18(22)16-28)19(25)11-9-8-10-17(3)6-2/h8-9,17-18,23,28H,5-7,10-16,22H2,1-4H3,(H,26,27)/b9-8+/t17-,18?,21+/m0/s1. The average Bonchev–Trinajstić information content (AvgIpc) is 2.71. The Labute approximate surface area is 186 Å². The van der Waals surface area contributed by atoms with E-state index in [0.29, 0.717) is 36.8 Å². The molecule has 0 rings (SSSR count). The normalized spacial score (nSPS) is 15.8. The zero-order valence-electron chi connectivity index (χ0n) is 18.5. The molecule has 4 N–H and O–H groups in total. The van der Waals surface area contributed by atoms with E-state index in [4.69, 9.17) is 5.73 Å². The molecule has 0 radical (unpaired) electrons. The number of carbonyl (C=O) groups is 2. The molecule has 6 nitrogen and oxygen atoms in total. The van der Waals surface area contributed by atoms with Crippen LogP contribution in [0.15, 0.2) is 12.2 Å². The Hall–Kier alpha value is -0.700. The number of aliphatic carboxylic acids is 1. The molecule has 8 heteroatoms. The van der Waals surface area contributed by atoms with Crippen LogP contribution in [0.25, 0.3) is 0 Å². The number of thiol groups is 1. The molecule has 0 aliphatic rings. The van der Waals surface area contributed by atoms with Crippen LogP contribution >= 0.6 is 24.4 Å². The predicted octanol–water partition coefficient (Wildman–Crippen LogP) is 3.73. The minimum atomic E-state index is -1.28. The quantitative estimate of drug-likeness (QED) is 0.154. The van der Waals surface area contributed by atoms with E-state index in [-0.39, 0.29) is 18.4 Å². The molecule has 0 heterocycles. The lowest BCUT2D eigenvalue weighted by Gasteiger charge is -2.41. The fraction of sp³-hybridized carbons (Fsp3) is 0.810. The maximum atomic E-state index is 13.1. The molecule has 0 saturated heterocycles. The third kappa shape index (κ3) is 10.2. The molecule has 29 heavy (non-hydrogen) atoms. The zero-order chi connectivity index (χ0) is 22.3. The fourth-order valence-corrected chi connectivity index (χ4v) is 3.59. The van der Waals surface area contributed by atoms with Gasteiger partial charge in [-0.2, -0.15) is 24.4 Å². The van der Waals surface area contributed by atoms with Crippen LogP contribution in [0, 0.1) is 5.92 Å². The van der Waals surface area contributed by atoms with Gasteiger partial charge in [0.15, 0.2) is 5.54 Å². The largest absolute Gasteiger partial charge is 0.479 e. The summed E-state index contributed by atoms with van der Waals surface area (Å²) in [4.78, 5) is 25.6. The molecule has 0 spiro atoms. The number of thioether (sulfide) groups is 1. The van der Waals surface area contributed by atoms with Crippen molar-refractivity contribution in [2.45, 2.75) is 77.3 Å². The van der Waals surface area contributed by atoms with E-state index in [9.17, 15) is 14.7 Å². The minimum Gasteiger partial charge on any atom is -0.479 e. The van der Waals surface area contributed by atoms with Crippen molar-refractivity contribution in [3.8, 4) is 0 Å². The van der Waals surface area contributed by atoms with E-state index in [1.807, 2.05) is 25.3 Å². The van der Waals surface area contributed by atoms with Crippen LogP contribution < -0.4 is 11.2 Å². The van der Waals surface area contributed by atoms with Gasteiger partial charge in [-0.15, -0.1) is 0 Å². The lowest BCUT2D eigenvalue weighted by Crippen LogP contribution is -2.64. The molecule has 0 aromatic rings. The van der Waals surface area contributed by atoms with Crippen molar-refractivity contribution >= 4 is 36.3 Å². The van der Waals surface area contributed by atoms with Crippen molar-refractivity contribution in [3.63, 3.8) is 0 Å². The highest BCUT2D eigenvalue weighted by Crippen LogP contribution is 2.28. The van der Waals surface area contributed by atoms with Gasteiger partial charge in [0, 0.05) is 24.8 Å². The van der Waals surface area contributed by atoms with Gasteiger partial charge in [-0.25, -0.2) is 10.2 Å². The molecule has 0 saturated carbocycles. The van der Waals surface area contributed by atoms with Crippen LogP contribution in [0.3, 0.4) is 0 Å². The van der Waals surface area contributed by atoms with Crippen molar-refractivity contribution in [2.24, 2.45) is 11.7 Å². The number of allylic oxidation sites excluding steroid dienone is 1. The van der Waals surface area contributed by atoms with Crippen LogP contribution in [-0.4, -0.2) is 57.9 Å². The van der Waals surface area contributed by atoms with E-state index in [0.717, 1.165) is 25.7 Å². The molecule has 0 aliphatic carbocycles. The number of carboxylic acid groups (broad SMARTS) is 1. The van der Waals surface area contributed by atoms with Crippen molar-refractivity contribution in [2.75, 3.05) is 24.3 Å². The lowest BCUT2D eigenvalue weighted by atomic mass is 9.88. The molecule has 0 aromatic carbocycles. The number of nitrogens with two attached hydrogens (primary N) is 1. The number of carbonyl (C=O) groups excluding carboxylic acids is 1.